The second-order valence-corrected chi connectivity index (χ2v) is 11.3. The fourth-order valence-corrected chi connectivity index (χ4v) is 6.38. The normalized spacial score (nSPS) is 11.6. The molecule has 0 aliphatic rings. The number of carbonyl (C=O) groups excluding carboxylic acids is 1. The topological polar surface area (TPSA) is 17.1 Å². The maximum atomic E-state index is 12.4. The molecule has 0 saturated carbocycles. The summed E-state index contributed by atoms with van der Waals surface area (Å²) in [4.78, 5) is 12.4. The van der Waals surface area contributed by atoms with E-state index in [9.17, 15) is 4.79 Å². The Bertz CT molecular complexity index is 387. The van der Waals surface area contributed by atoms with Gasteiger partial charge in [-0.05, 0) is 41.5 Å². The Morgan fingerprint density at radius 1 is 0.950 bits per heavy atom. The third kappa shape index (κ3) is 6.51. The van der Waals surface area contributed by atoms with Gasteiger partial charge >= 0.3 is 0 Å². The molecule has 1 aromatic carbocycles. The van der Waals surface area contributed by atoms with Gasteiger partial charge in [0.2, 0.25) is 0 Å². The third-order valence-electron chi connectivity index (χ3n) is 3.24. The number of benzene rings is 1. The minimum absolute atomic E-state index is 0. The summed E-state index contributed by atoms with van der Waals surface area (Å²) in [6.07, 6.45) is 0.724. The Kier molecular flexibility index (Phi) is 9.18. The molecule has 0 amide bonds. The second-order valence-electron chi connectivity index (χ2n) is 6.94. The zero-order valence-corrected chi connectivity index (χ0v) is 15.8. The smallest absolute Gasteiger partial charge is 0.199 e. The first-order valence-corrected chi connectivity index (χ1v) is 8.28. The number of hydrogen-bond acceptors (Lipinski definition) is 1. The second kappa shape index (κ2) is 8.30. The van der Waals surface area contributed by atoms with E-state index in [4.69, 9.17) is 0 Å². The predicted molar refractivity (Wildman–Crippen MR) is 89.9 cm³/mol. The zero-order chi connectivity index (χ0) is 14.0. The Hall–Kier alpha value is -0.186. The van der Waals surface area contributed by atoms with Crippen molar-refractivity contribution in [1.82, 2.24) is 0 Å². The molecular weight excluding hydrogens is 310 g/mol. The van der Waals surface area contributed by atoms with Crippen LogP contribution in [0.2, 0.25) is 0 Å². The van der Waals surface area contributed by atoms with Gasteiger partial charge in [0.25, 0.3) is 0 Å². The number of carbonyl (C=O) groups is 1. The summed E-state index contributed by atoms with van der Waals surface area (Å²) in [5, 5.41) is 0.487. The van der Waals surface area contributed by atoms with Gasteiger partial charge < -0.3 is 7.43 Å². The van der Waals surface area contributed by atoms with Gasteiger partial charge in [0, 0.05) is 30.0 Å². The fourth-order valence-electron chi connectivity index (χ4n) is 2.54. The molecule has 0 unspecified atom stereocenters. The summed E-state index contributed by atoms with van der Waals surface area (Å²) in [5.74, 6) is 0.300. The Labute approximate surface area is 136 Å². The minimum Gasteiger partial charge on any atom is -0.358 e. The average Bonchev–Trinajstić information content (AvgIpc) is 2.23. The molecule has 20 heavy (non-hydrogen) atoms. The van der Waals surface area contributed by atoms with Crippen LogP contribution in [0, 0.1) is 7.43 Å². The summed E-state index contributed by atoms with van der Waals surface area (Å²) >= 11 is 0. The van der Waals surface area contributed by atoms with E-state index in [0.717, 1.165) is 11.7 Å². The molecule has 0 aromatic heterocycles. The molecule has 1 rings (SSSR count). The van der Waals surface area contributed by atoms with Gasteiger partial charge in [-0.25, -0.2) is 0 Å². The molecule has 3 heteroatoms. The van der Waals surface area contributed by atoms with Crippen LogP contribution >= 0.6 is 7.92 Å². The van der Waals surface area contributed by atoms with Crippen LogP contribution in [0.15, 0.2) is 30.3 Å². The van der Waals surface area contributed by atoms with Crippen molar-refractivity contribution < 1.29 is 21.3 Å². The van der Waals surface area contributed by atoms with Crippen LogP contribution in [-0.2, 0) is 16.5 Å². The van der Waals surface area contributed by atoms with Crippen molar-refractivity contribution in [3.8, 4) is 0 Å². The molecule has 0 spiro atoms. The van der Waals surface area contributed by atoms with Crippen LogP contribution in [0.4, 0.5) is 0 Å². The third-order valence-corrected chi connectivity index (χ3v) is 7.54. The van der Waals surface area contributed by atoms with E-state index < -0.39 is 7.92 Å². The number of hydrogen-bond donors (Lipinski definition) is 0. The van der Waals surface area contributed by atoms with Crippen LogP contribution in [-0.4, -0.2) is 22.3 Å². The molecule has 0 aliphatic carbocycles. The van der Waals surface area contributed by atoms with Crippen molar-refractivity contribution >= 4 is 13.7 Å². The largest absolute Gasteiger partial charge is 0.358 e. The summed E-state index contributed by atoms with van der Waals surface area (Å²) in [6.45, 7) is 13.6. The van der Waals surface area contributed by atoms with Gasteiger partial charge in [-0.3, -0.25) is 4.79 Å². The summed E-state index contributed by atoms with van der Waals surface area (Å²) in [7, 11) is -0.771. The summed E-state index contributed by atoms with van der Waals surface area (Å²) in [5.41, 5.74) is 0.855. The van der Waals surface area contributed by atoms with E-state index in [2.05, 4.69) is 41.5 Å². The van der Waals surface area contributed by atoms with E-state index in [1.54, 1.807) is 0 Å². The van der Waals surface area contributed by atoms with Gasteiger partial charge in [0.05, 0.1) is 10.3 Å². The predicted octanol–water partition coefficient (Wildman–Crippen LogP) is 5.13. The van der Waals surface area contributed by atoms with Gasteiger partial charge in [-0.2, -0.15) is 0 Å². The van der Waals surface area contributed by atoms with Crippen LogP contribution in [0.1, 0.15) is 51.9 Å². The van der Waals surface area contributed by atoms with Crippen LogP contribution < -0.4 is 0 Å². The number of ketones is 1. The molecule has 0 atom stereocenters. The van der Waals surface area contributed by atoms with E-state index in [1.165, 1.54) is 0 Å². The van der Waals surface area contributed by atoms with Gasteiger partial charge in [-0.15, -0.1) is 0 Å². The molecule has 0 fully saturated rings. The van der Waals surface area contributed by atoms with Crippen molar-refractivity contribution in [2.24, 2.45) is 0 Å². The van der Waals surface area contributed by atoms with Crippen molar-refractivity contribution in [1.29, 1.82) is 0 Å². The van der Waals surface area contributed by atoms with Gasteiger partial charge in [0.15, 0.2) is 5.78 Å². The minimum atomic E-state index is -0.771. The molecule has 1 nitrogen and oxygen atoms in total. The van der Waals surface area contributed by atoms with E-state index in [0.29, 0.717) is 5.78 Å². The molecule has 0 aliphatic heterocycles. The van der Waals surface area contributed by atoms with Gasteiger partial charge in [0.1, 0.15) is 6.16 Å². The SMILES string of the molecule is CC(C)(C)[PH+](CC(=O)c1ccccc1)C(C)(C)C.[CH3-].[Ni]. The maximum absolute atomic E-state index is 12.4. The Morgan fingerprint density at radius 2 is 1.35 bits per heavy atom. The standard InChI is InChI=1S/C16H25OP.CH3.Ni/c1-15(2,3)18(16(4,5)6)12-14(17)13-10-8-7-9-11-13;;/h7-11H,12H2,1-6H3;1H3;/q;-1;/p+1. The van der Waals surface area contributed by atoms with Crippen LogP contribution in [0.25, 0.3) is 0 Å². The van der Waals surface area contributed by atoms with E-state index in [1.807, 2.05) is 30.3 Å². The zero-order valence-electron chi connectivity index (χ0n) is 13.8. The van der Waals surface area contributed by atoms with E-state index >= 15 is 0 Å². The number of rotatable bonds is 3. The fraction of sp³-hybridized carbons (Fsp3) is 0.529. The quantitative estimate of drug-likeness (QED) is 0.323. The summed E-state index contributed by atoms with van der Waals surface area (Å²) < 4.78 is 0. The molecule has 0 radical (unpaired) electrons. The maximum Gasteiger partial charge on any atom is 0.199 e. The van der Waals surface area contributed by atoms with Crippen LogP contribution in [0.3, 0.4) is 0 Å². The van der Waals surface area contributed by atoms with Crippen LogP contribution in [0.5, 0.6) is 0 Å². The van der Waals surface area contributed by atoms with Gasteiger partial charge in [-0.1, -0.05) is 30.3 Å². The number of Topliss-reactive ketones (excluding diaryl/α,β-unsaturated/α-hetero) is 1. The first-order valence-electron chi connectivity index (χ1n) is 6.57. The molecule has 1 aromatic rings. The monoisotopic (exact) mass is 338 g/mol. The molecule has 0 heterocycles. The molecule has 0 bridgehead atoms. The Morgan fingerprint density at radius 3 is 1.70 bits per heavy atom. The Balaban J connectivity index is 0. The van der Waals surface area contributed by atoms with Crippen molar-refractivity contribution in [2.75, 3.05) is 6.16 Å². The van der Waals surface area contributed by atoms with E-state index in [-0.39, 0.29) is 34.2 Å². The molecule has 0 saturated heterocycles. The van der Waals surface area contributed by atoms with Crippen molar-refractivity contribution in [2.45, 2.75) is 51.9 Å². The first-order chi connectivity index (χ1) is 8.12. The van der Waals surface area contributed by atoms with Crippen molar-refractivity contribution in [3.63, 3.8) is 0 Å². The molecule has 118 valence electrons. The van der Waals surface area contributed by atoms with Crippen molar-refractivity contribution in [3.05, 3.63) is 43.3 Å². The molecular formula is C17H29NiOP. The summed E-state index contributed by atoms with van der Waals surface area (Å²) in [6, 6.07) is 9.68. The first kappa shape index (κ1) is 22.1. The molecule has 0 N–H and O–H groups in total. The average molecular weight is 339 g/mol.